The first-order chi connectivity index (χ1) is 13.6. The van der Waals surface area contributed by atoms with Crippen LogP contribution in [0.3, 0.4) is 0 Å². The largest absolute Gasteiger partial charge is 0.464 e. The van der Waals surface area contributed by atoms with Crippen molar-refractivity contribution < 1.29 is 9.53 Å². The number of amides is 1. The average Bonchev–Trinajstić information content (AvgIpc) is 3.16. The summed E-state index contributed by atoms with van der Waals surface area (Å²) in [5, 5.41) is 2.78. The van der Waals surface area contributed by atoms with Crippen molar-refractivity contribution in [3.63, 3.8) is 0 Å². The van der Waals surface area contributed by atoms with E-state index in [2.05, 4.69) is 44.5 Å². The number of carbonyl (C=O) groups is 1. The van der Waals surface area contributed by atoms with Gasteiger partial charge in [-0.1, -0.05) is 24.3 Å². The van der Waals surface area contributed by atoms with E-state index in [0.717, 1.165) is 12.1 Å². The highest BCUT2D eigenvalue weighted by Crippen LogP contribution is 2.34. The van der Waals surface area contributed by atoms with Crippen LogP contribution in [0.2, 0.25) is 0 Å². The summed E-state index contributed by atoms with van der Waals surface area (Å²) in [5.74, 6) is 0.690. The number of nitrogens with one attached hydrogen (secondary N) is 1. The first kappa shape index (κ1) is 18.5. The van der Waals surface area contributed by atoms with Crippen LogP contribution in [-0.4, -0.2) is 47.0 Å². The van der Waals surface area contributed by atoms with E-state index in [1.807, 2.05) is 11.8 Å². The van der Waals surface area contributed by atoms with Crippen LogP contribution in [0.4, 0.5) is 17.3 Å². The molecule has 1 saturated heterocycles. The van der Waals surface area contributed by atoms with E-state index in [0.29, 0.717) is 24.7 Å². The Morgan fingerprint density at radius 2 is 1.93 bits per heavy atom. The monoisotopic (exact) mass is 382 g/mol. The molecule has 1 aromatic carbocycles. The zero-order valence-electron chi connectivity index (χ0n) is 16.1. The summed E-state index contributed by atoms with van der Waals surface area (Å²) in [5.41, 5.74) is 8.90. The number of nitrogens with zero attached hydrogens (tertiary/aromatic N) is 4. The van der Waals surface area contributed by atoms with Gasteiger partial charge in [0.05, 0.1) is 13.2 Å². The Morgan fingerprint density at radius 1 is 1.18 bits per heavy atom. The number of ether oxygens (including phenoxy) is 1. The number of hydrogen-bond donors (Lipinski definition) is 2. The third-order valence-electron chi connectivity index (χ3n) is 5.04. The lowest BCUT2D eigenvalue weighted by atomic mass is 10.1. The first-order valence-corrected chi connectivity index (χ1v) is 9.77. The quantitative estimate of drug-likeness (QED) is 0.789. The van der Waals surface area contributed by atoms with E-state index >= 15 is 0 Å². The Morgan fingerprint density at radius 3 is 2.68 bits per heavy atom. The highest BCUT2D eigenvalue weighted by Gasteiger charge is 2.27. The number of nitrogen functional groups attached to an aromatic ring is 1. The highest BCUT2D eigenvalue weighted by atomic mass is 16.5. The van der Waals surface area contributed by atoms with Gasteiger partial charge in [0.25, 0.3) is 0 Å². The molecule has 2 aromatic rings. The molecule has 0 unspecified atom stereocenters. The Hall–Kier alpha value is -2.87. The number of fused-ring (bicyclic) bond motifs is 1. The van der Waals surface area contributed by atoms with Crippen LogP contribution in [0.5, 0.6) is 6.01 Å². The first-order valence-electron chi connectivity index (χ1n) is 9.77. The number of anilines is 3. The smallest absolute Gasteiger partial charge is 0.320 e. The summed E-state index contributed by atoms with van der Waals surface area (Å²) in [7, 11) is 0. The van der Waals surface area contributed by atoms with Crippen molar-refractivity contribution >= 4 is 23.2 Å². The van der Waals surface area contributed by atoms with Gasteiger partial charge in [0.15, 0.2) is 11.6 Å². The molecular weight excluding hydrogens is 356 g/mol. The third kappa shape index (κ3) is 4.01. The summed E-state index contributed by atoms with van der Waals surface area (Å²) in [4.78, 5) is 25.2. The van der Waals surface area contributed by atoms with Gasteiger partial charge in [-0.25, -0.2) is 0 Å². The van der Waals surface area contributed by atoms with Crippen molar-refractivity contribution in [3.05, 3.63) is 35.4 Å². The van der Waals surface area contributed by atoms with Crippen LogP contribution in [0.25, 0.3) is 0 Å². The second kappa shape index (κ2) is 8.02. The van der Waals surface area contributed by atoms with Crippen molar-refractivity contribution in [2.24, 2.45) is 0 Å². The maximum Gasteiger partial charge on any atom is 0.320 e. The molecule has 0 atom stereocenters. The molecule has 1 amide bonds. The van der Waals surface area contributed by atoms with E-state index in [1.165, 1.54) is 31.5 Å². The third-order valence-corrected chi connectivity index (χ3v) is 5.04. The second-order valence-corrected chi connectivity index (χ2v) is 7.23. The van der Waals surface area contributed by atoms with Crippen molar-refractivity contribution in [2.45, 2.75) is 32.9 Å². The molecule has 0 aliphatic carbocycles. The van der Waals surface area contributed by atoms with Crippen molar-refractivity contribution in [1.82, 2.24) is 14.9 Å². The zero-order valence-corrected chi connectivity index (χ0v) is 16.1. The fraction of sp³-hybridized carbons (Fsp3) is 0.450. The number of aromatic nitrogens is 2. The zero-order chi connectivity index (χ0) is 19.5. The lowest BCUT2D eigenvalue weighted by Crippen LogP contribution is -2.39. The maximum absolute atomic E-state index is 12.2. The van der Waals surface area contributed by atoms with E-state index in [-0.39, 0.29) is 24.3 Å². The average molecular weight is 382 g/mol. The molecular formula is C20H26N6O2. The van der Waals surface area contributed by atoms with Crippen molar-refractivity contribution in [1.29, 1.82) is 0 Å². The van der Waals surface area contributed by atoms with E-state index in [9.17, 15) is 4.79 Å². The number of hydrogen-bond acceptors (Lipinski definition) is 7. The molecule has 2 aliphatic heterocycles. The lowest BCUT2D eigenvalue weighted by Gasteiger charge is -2.30. The molecule has 1 aromatic heterocycles. The molecule has 28 heavy (non-hydrogen) atoms. The molecule has 3 N–H and O–H groups in total. The number of nitrogens with two attached hydrogens (primary N) is 1. The van der Waals surface area contributed by atoms with Crippen LogP contribution >= 0.6 is 0 Å². The number of benzene rings is 1. The summed E-state index contributed by atoms with van der Waals surface area (Å²) >= 11 is 0. The van der Waals surface area contributed by atoms with Gasteiger partial charge in [-0.05, 0) is 44.0 Å². The minimum absolute atomic E-state index is 0.125. The van der Waals surface area contributed by atoms with Crippen LogP contribution in [0.1, 0.15) is 30.9 Å². The van der Waals surface area contributed by atoms with Crippen LogP contribution in [0, 0.1) is 0 Å². The summed E-state index contributed by atoms with van der Waals surface area (Å²) in [6.45, 7) is 6.39. The van der Waals surface area contributed by atoms with Crippen LogP contribution in [0.15, 0.2) is 24.3 Å². The molecule has 0 radical (unpaired) electrons. The predicted octanol–water partition coefficient (Wildman–Crippen LogP) is 2.01. The molecule has 0 bridgehead atoms. The summed E-state index contributed by atoms with van der Waals surface area (Å²) in [6.07, 6.45) is 2.56. The fourth-order valence-electron chi connectivity index (χ4n) is 3.79. The topological polar surface area (TPSA) is 96.6 Å². The Kier molecular flexibility index (Phi) is 5.29. The van der Waals surface area contributed by atoms with E-state index in [4.69, 9.17) is 10.5 Å². The number of carbonyl (C=O) groups excluding carboxylic acids is 1. The predicted molar refractivity (Wildman–Crippen MR) is 108 cm³/mol. The Bertz CT molecular complexity index is 866. The summed E-state index contributed by atoms with van der Waals surface area (Å²) in [6, 6.07) is 8.74. The normalized spacial score (nSPS) is 16.8. The molecule has 8 heteroatoms. The van der Waals surface area contributed by atoms with Gasteiger partial charge in [0.1, 0.15) is 5.69 Å². The van der Waals surface area contributed by atoms with Crippen LogP contribution < -0.4 is 20.7 Å². The van der Waals surface area contributed by atoms with E-state index < -0.39 is 0 Å². The van der Waals surface area contributed by atoms with Gasteiger partial charge in [-0.15, -0.1) is 0 Å². The molecule has 8 nitrogen and oxygen atoms in total. The lowest BCUT2D eigenvalue weighted by molar-refractivity contribution is -0.115. The number of likely N-dealkylation sites (tertiary alicyclic amines) is 1. The molecule has 1 fully saturated rings. The van der Waals surface area contributed by atoms with E-state index in [1.54, 1.807) is 0 Å². The molecule has 0 spiro atoms. The van der Waals surface area contributed by atoms with Crippen LogP contribution in [-0.2, 0) is 17.9 Å². The minimum Gasteiger partial charge on any atom is -0.464 e. The van der Waals surface area contributed by atoms with Gasteiger partial charge >= 0.3 is 6.01 Å². The van der Waals surface area contributed by atoms with Gasteiger partial charge in [-0.3, -0.25) is 9.69 Å². The number of rotatable bonds is 6. The Labute approximate surface area is 164 Å². The second-order valence-electron chi connectivity index (χ2n) is 7.23. The summed E-state index contributed by atoms with van der Waals surface area (Å²) < 4.78 is 5.42. The highest BCUT2D eigenvalue weighted by molar-refractivity contribution is 6.03. The molecule has 3 heterocycles. The van der Waals surface area contributed by atoms with Crippen molar-refractivity contribution in [2.75, 3.05) is 42.2 Å². The van der Waals surface area contributed by atoms with Gasteiger partial charge in [0, 0.05) is 13.1 Å². The molecule has 0 saturated carbocycles. The Balaban J connectivity index is 1.57. The van der Waals surface area contributed by atoms with Gasteiger partial charge < -0.3 is 20.7 Å². The standard InChI is InChI=1S/C20H26N6O2/c1-2-28-20-23-18(21)17-19(24-20)26(13-16(27)22-17)12-15-7-5-6-14(10-15)11-25-8-3-4-9-25/h5-7,10H,2-4,8-9,11-13H2,1H3,(H,22,27)(H2,21,23,24). The molecule has 4 rings (SSSR count). The maximum atomic E-state index is 12.2. The van der Waals surface area contributed by atoms with Crippen molar-refractivity contribution in [3.8, 4) is 6.01 Å². The minimum atomic E-state index is -0.125. The van der Waals surface area contributed by atoms with Gasteiger partial charge in [-0.2, -0.15) is 9.97 Å². The molecule has 2 aliphatic rings. The molecule has 148 valence electrons. The van der Waals surface area contributed by atoms with Gasteiger partial charge in [0.2, 0.25) is 5.91 Å². The SMILES string of the molecule is CCOc1nc(N)c2c(n1)N(Cc1cccc(CN3CCCC3)c1)CC(=O)N2. The fourth-order valence-corrected chi connectivity index (χ4v) is 3.79.